The fourth-order valence-corrected chi connectivity index (χ4v) is 2.21. The number of hydrogen-bond donors (Lipinski definition) is 1. The summed E-state index contributed by atoms with van der Waals surface area (Å²) in [6.45, 7) is 2.42. The first-order valence-corrected chi connectivity index (χ1v) is 4.28. The molecule has 10 heavy (non-hydrogen) atoms. The second-order valence-electron chi connectivity index (χ2n) is 3.66. The summed E-state index contributed by atoms with van der Waals surface area (Å²) in [6, 6.07) is 0. The zero-order chi connectivity index (χ0) is 7.61. The molecule has 1 atom stereocenters. The lowest BCUT2D eigenvalue weighted by molar-refractivity contribution is -0.0377. The Hall–Kier alpha value is -0.0400. The maximum absolute atomic E-state index is 7.00. The second kappa shape index (κ2) is 2.91. The number of rotatable bonds is 0. The van der Waals surface area contributed by atoms with Gasteiger partial charge in [-0.05, 0) is 37.0 Å². The van der Waals surface area contributed by atoms with Crippen molar-refractivity contribution in [1.29, 1.82) is 0 Å². The first-order valence-electron chi connectivity index (χ1n) is 4.28. The monoisotopic (exact) mass is 142 g/mol. The van der Waals surface area contributed by atoms with Crippen molar-refractivity contribution in [2.45, 2.75) is 39.0 Å². The Bertz CT molecular complexity index is 99.8. The highest BCUT2D eigenvalue weighted by atomic mass is 16.2. The summed E-state index contributed by atoms with van der Waals surface area (Å²) in [4.78, 5) is 0. The summed E-state index contributed by atoms with van der Waals surface area (Å²) in [5.41, 5.74) is 0.903. The molecule has 1 N–H and O–H groups in total. The van der Waals surface area contributed by atoms with E-state index in [1.807, 2.05) is 0 Å². The van der Waals surface area contributed by atoms with Crippen LogP contribution in [-0.2, 0) is 0 Å². The second-order valence-corrected chi connectivity index (χ2v) is 3.66. The van der Waals surface area contributed by atoms with Crippen LogP contribution < -0.4 is 0 Å². The predicted molar refractivity (Wildman–Crippen MR) is 42.8 cm³/mol. The van der Waals surface area contributed by atoms with E-state index in [9.17, 15) is 0 Å². The van der Waals surface area contributed by atoms with Gasteiger partial charge >= 0.3 is 0 Å². The van der Waals surface area contributed by atoms with Gasteiger partial charge in [0.15, 0.2) is 0 Å². The summed E-state index contributed by atoms with van der Waals surface area (Å²) >= 11 is 0. The first-order chi connectivity index (χ1) is 4.83. The van der Waals surface area contributed by atoms with Crippen LogP contribution in [-0.4, -0.2) is 12.2 Å². The van der Waals surface area contributed by atoms with Crippen molar-refractivity contribution >= 4 is 0 Å². The van der Waals surface area contributed by atoms with Crippen LogP contribution in [0.15, 0.2) is 0 Å². The molecule has 60 valence electrons. The maximum Gasteiger partial charge on any atom is 0.0319 e. The van der Waals surface area contributed by atoms with Crippen LogP contribution in [0.5, 0.6) is 0 Å². The molecule has 2 saturated carbocycles. The van der Waals surface area contributed by atoms with Crippen LogP contribution >= 0.6 is 0 Å². The summed E-state index contributed by atoms with van der Waals surface area (Å²) in [7, 11) is 1.00. The minimum Gasteiger partial charge on any atom is -0.400 e. The van der Waals surface area contributed by atoms with Gasteiger partial charge in [0.05, 0.1) is 0 Å². The van der Waals surface area contributed by atoms with E-state index in [2.05, 4.69) is 6.92 Å². The van der Waals surface area contributed by atoms with Crippen LogP contribution in [0.4, 0.5) is 0 Å². The predicted octanol–water partition coefficient (Wildman–Crippen LogP) is 2.20. The molecular weight excluding hydrogens is 124 g/mol. The van der Waals surface area contributed by atoms with Gasteiger partial charge in [-0.3, -0.25) is 0 Å². The largest absolute Gasteiger partial charge is 0.400 e. The third kappa shape index (κ3) is 0.968. The Kier molecular flexibility index (Phi) is 2.35. The summed E-state index contributed by atoms with van der Waals surface area (Å²) < 4.78 is 0. The number of aliphatic hydroxyl groups excluding tert-OH is 1. The molecule has 0 aromatic heterocycles. The molecule has 2 aliphatic rings. The average Bonchev–Trinajstić information content (AvgIpc) is 1.86. The zero-order valence-electron chi connectivity index (χ0n) is 7.06. The van der Waals surface area contributed by atoms with Crippen LogP contribution in [0.1, 0.15) is 39.0 Å². The van der Waals surface area contributed by atoms with Crippen molar-refractivity contribution in [3.05, 3.63) is 0 Å². The Morgan fingerprint density at radius 1 is 1.20 bits per heavy atom. The third-order valence-electron chi connectivity index (χ3n) is 3.47. The Balaban J connectivity index is 0.000000231. The number of hydrogen-bond acceptors (Lipinski definition) is 1. The Morgan fingerprint density at radius 2 is 1.80 bits per heavy atom. The SMILES string of the molecule is CO.C[C@@H]1CCC12CCC2. The molecule has 1 heteroatoms. The Labute approximate surface area is 63.4 Å². The van der Waals surface area contributed by atoms with Gasteiger partial charge in [-0.2, -0.15) is 0 Å². The van der Waals surface area contributed by atoms with E-state index in [0.717, 1.165) is 18.4 Å². The van der Waals surface area contributed by atoms with E-state index in [0.29, 0.717) is 0 Å². The van der Waals surface area contributed by atoms with E-state index in [-0.39, 0.29) is 0 Å². The molecule has 0 unspecified atom stereocenters. The highest BCUT2D eigenvalue weighted by Gasteiger charge is 2.47. The van der Waals surface area contributed by atoms with Gasteiger partial charge in [0.1, 0.15) is 0 Å². The molecule has 0 bridgehead atoms. The van der Waals surface area contributed by atoms with Crippen molar-refractivity contribution in [3.8, 4) is 0 Å². The van der Waals surface area contributed by atoms with Gasteiger partial charge in [0.25, 0.3) is 0 Å². The molecule has 0 aromatic rings. The first kappa shape index (κ1) is 8.06. The van der Waals surface area contributed by atoms with Crippen molar-refractivity contribution < 1.29 is 5.11 Å². The molecule has 0 radical (unpaired) electrons. The number of aliphatic hydroxyl groups is 1. The summed E-state index contributed by atoms with van der Waals surface area (Å²) in [5, 5.41) is 7.00. The standard InChI is InChI=1S/C8H14.CH4O/c1-7-3-6-8(7)4-2-5-8;1-2/h7H,2-6H2,1H3;2H,1H3/t7-;/m1./s1. The van der Waals surface area contributed by atoms with E-state index in [1.54, 1.807) is 19.3 Å². The van der Waals surface area contributed by atoms with Crippen LogP contribution in [0, 0.1) is 11.3 Å². The molecule has 0 saturated heterocycles. The molecular formula is C9H18O. The molecule has 2 rings (SSSR count). The quantitative estimate of drug-likeness (QED) is 0.549. The Morgan fingerprint density at radius 3 is 1.80 bits per heavy atom. The molecule has 0 aromatic carbocycles. The molecule has 1 spiro atoms. The minimum absolute atomic E-state index is 0.903. The van der Waals surface area contributed by atoms with Gasteiger partial charge in [0, 0.05) is 7.11 Å². The van der Waals surface area contributed by atoms with Gasteiger partial charge in [-0.15, -0.1) is 0 Å². The van der Waals surface area contributed by atoms with E-state index < -0.39 is 0 Å². The fourth-order valence-electron chi connectivity index (χ4n) is 2.21. The van der Waals surface area contributed by atoms with Crippen molar-refractivity contribution in [1.82, 2.24) is 0 Å². The lowest BCUT2D eigenvalue weighted by atomic mass is 9.50. The zero-order valence-corrected chi connectivity index (χ0v) is 7.06. The smallest absolute Gasteiger partial charge is 0.0319 e. The van der Waals surface area contributed by atoms with E-state index in [1.165, 1.54) is 12.8 Å². The lowest BCUT2D eigenvalue weighted by Crippen LogP contribution is -2.43. The lowest BCUT2D eigenvalue weighted by Gasteiger charge is -2.55. The third-order valence-corrected chi connectivity index (χ3v) is 3.47. The molecule has 0 heterocycles. The van der Waals surface area contributed by atoms with Gasteiger partial charge in [-0.1, -0.05) is 13.3 Å². The summed E-state index contributed by atoms with van der Waals surface area (Å²) in [5.74, 6) is 1.08. The normalized spacial score (nSPS) is 33.3. The highest BCUT2D eigenvalue weighted by Crippen LogP contribution is 2.59. The average molecular weight is 142 g/mol. The van der Waals surface area contributed by atoms with E-state index in [4.69, 9.17) is 5.11 Å². The maximum atomic E-state index is 7.00. The highest BCUT2D eigenvalue weighted by molar-refractivity contribution is 4.98. The fraction of sp³-hybridized carbons (Fsp3) is 1.00. The summed E-state index contributed by atoms with van der Waals surface area (Å²) in [6.07, 6.45) is 7.68. The van der Waals surface area contributed by atoms with Crippen molar-refractivity contribution in [3.63, 3.8) is 0 Å². The van der Waals surface area contributed by atoms with Gasteiger partial charge in [0.2, 0.25) is 0 Å². The molecule has 2 fully saturated rings. The minimum atomic E-state index is 0.903. The van der Waals surface area contributed by atoms with E-state index >= 15 is 0 Å². The van der Waals surface area contributed by atoms with Gasteiger partial charge in [-0.25, -0.2) is 0 Å². The van der Waals surface area contributed by atoms with Crippen molar-refractivity contribution in [2.75, 3.05) is 7.11 Å². The molecule has 0 aliphatic heterocycles. The van der Waals surface area contributed by atoms with Crippen LogP contribution in [0.25, 0.3) is 0 Å². The molecule has 0 amide bonds. The van der Waals surface area contributed by atoms with Gasteiger partial charge < -0.3 is 5.11 Å². The van der Waals surface area contributed by atoms with Crippen LogP contribution in [0.2, 0.25) is 0 Å². The molecule has 2 aliphatic carbocycles. The topological polar surface area (TPSA) is 20.2 Å². The molecule has 1 nitrogen and oxygen atoms in total. The van der Waals surface area contributed by atoms with Crippen LogP contribution in [0.3, 0.4) is 0 Å². The van der Waals surface area contributed by atoms with Crippen molar-refractivity contribution in [2.24, 2.45) is 11.3 Å².